The normalized spacial score (nSPS) is 18.6. The fraction of sp³-hybridized carbons (Fsp3) is 0.875. The number of hydrogen-bond acceptors (Lipinski definition) is 5. The van der Waals surface area contributed by atoms with Crippen LogP contribution in [0.2, 0.25) is 0 Å². The molecule has 1 saturated heterocycles. The van der Waals surface area contributed by atoms with Gasteiger partial charge in [0.2, 0.25) is 5.91 Å². The Kier molecular flexibility index (Phi) is 8.00. The molecule has 0 bridgehead atoms. The summed E-state index contributed by atoms with van der Waals surface area (Å²) in [6.07, 6.45) is 0. The third kappa shape index (κ3) is 6.19. The van der Waals surface area contributed by atoms with Crippen molar-refractivity contribution in [3.63, 3.8) is 0 Å². The third-order valence-corrected chi connectivity index (χ3v) is 6.47. The van der Waals surface area contributed by atoms with E-state index in [2.05, 4.69) is 10.6 Å². The highest BCUT2D eigenvalue weighted by Crippen LogP contribution is 2.14. The number of amides is 3. The standard InChI is InChI=1S/C16H33N5O4S/c1-7-20(8-2)26(24,25)21-11-9-19(10-12-21)13(3)14(22)17-15(23)18-16(4,5)6/h13H,7-12H2,1-6H3,(H2,17,18,22,23). The van der Waals surface area contributed by atoms with Crippen LogP contribution in [0, 0.1) is 0 Å². The molecule has 2 N–H and O–H groups in total. The lowest BCUT2D eigenvalue weighted by Gasteiger charge is -2.38. The van der Waals surface area contributed by atoms with E-state index >= 15 is 0 Å². The predicted octanol–water partition coefficient (Wildman–Crippen LogP) is 0.203. The number of carbonyl (C=O) groups excluding carboxylic acids is 2. The molecule has 10 heteroatoms. The van der Waals surface area contributed by atoms with Crippen molar-refractivity contribution in [1.29, 1.82) is 0 Å². The van der Waals surface area contributed by atoms with Gasteiger partial charge in [0.05, 0.1) is 6.04 Å². The fourth-order valence-electron chi connectivity index (χ4n) is 2.79. The molecule has 0 spiro atoms. The summed E-state index contributed by atoms with van der Waals surface area (Å²) in [4.78, 5) is 26.0. The Bertz CT molecular complexity index is 590. The first-order valence-corrected chi connectivity index (χ1v) is 10.4. The lowest BCUT2D eigenvalue weighted by atomic mass is 10.1. The fourth-order valence-corrected chi connectivity index (χ4v) is 4.39. The summed E-state index contributed by atoms with van der Waals surface area (Å²) < 4.78 is 28.0. The van der Waals surface area contributed by atoms with Gasteiger partial charge >= 0.3 is 6.03 Å². The average Bonchev–Trinajstić information content (AvgIpc) is 2.53. The molecule has 26 heavy (non-hydrogen) atoms. The van der Waals surface area contributed by atoms with E-state index in [0.717, 1.165) is 0 Å². The Labute approximate surface area is 157 Å². The molecule has 1 aliphatic rings. The van der Waals surface area contributed by atoms with Gasteiger partial charge in [-0.05, 0) is 27.7 Å². The number of imide groups is 1. The number of rotatable bonds is 6. The van der Waals surface area contributed by atoms with Crippen molar-refractivity contribution in [3.05, 3.63) is 0 Å². The van der Waals surface area contributed by atoms with Crippen LogP contribution in [-0.4, -0.2) is 84.7 Å². The van der Waals surface area contributed by atoms with Crippen molar-refractivity contribution in [2.75, 3.05) is 39.3 Å². The quantitative estimate of drug-likeness (QED) is 0.674. The Morgan fingerprint density at radius 3 is 2.00 bits per heavy atom. The Balaban J connectivity index is 2.59. The van der Waals surface area contributed by atoms with Gasteiger partial charge < -0.3 is 5.32 Å². The molecule has 1 fully saturated rings. The maximum absolute atomic E-state index is 12.5. The minimum atomic E-state index is -3.46. The van der Waals surface area contributed by atoms with Gasteiger partial charge in [0, 0.05) is 44.8 Å². The largest absolute Gasteiger partial charge is 0.333 e. The van der Waals surface area contributed by atoms with Crippen molar-refractivity contribution in [1.82, 2.24) is 24.1 Å². The molecule has 152 valence electrons. The second-order valence-electron chi connectivity index (χ2n) is 7.40. The lowest BCUT2D eigenvalue weighted by Crippen LogP contribution is -2.58. The van der Waals surface area contributed by atoms with Crippen LogP contribution in [0.1, 0.15) is 41.5 Å². The summed E-state index contributed by atoms with van der Waals surface area (Å²) >= 11 is 0. The molecule has 0 aromatic heterocycles. The molecule has 0 aromatic rings. The van der Waals surface area contributed by atoms with Crippen molar-refractivity contribution >= 4 is 22.1 Å². The van der Waals surface area contributed by atoms with Crippen molar-refractivity contribution in [2.45, 2.75) is 53.1 Å². The molecule has 0 saturated carbocycles. The van der Waals surface area contributed by atoms with E-state index in [1.54, 1.807) is 6.92 Å². The summed E-state index contributed by atoms with van der Waals surface area (Å²) in [5, 5.41) is 5.02. The minimum absolute atomic E-state index is 0.324. The molecule has 1 aliphatic heterocycles. The van der Waals surface area contributed by atoms with Gasteiger partial charge in [-0.3, -0.25) is 15.0 Å². The topological polar surface area (TPSA) is 102 Å². The highest BCUT2D eigenvalue weighted by Gasteiger charge is 2.33. The van der Waals surface area contributed by atoms with Gasteiger partial charge in [-0.1, -0.05) is 13.8 Å². The van der Waals surface area contributed by atoms with E-state index in [9.17, 15) is 18.0 Å². The predicted molar refractivity (Wildman–Crippen MR) is 101 cm³/mol. The zero-order chi connectivity index (χ0) is 20.1. The molecule has 0 radical (unpaired) electrons. The third-order valence-electron chi connectivity index (χ3n) is 4.28. The number of nitrogens with one attached hydrogen (secondary N) is 2. The van der Waals surface area contributed by atoms with Gasteiger partial charge in [-0.25, -0.2) is 4.79 Å². The van der Waals surface area contributed by atoms with Crippen molar-refractivity contribution in [3.8, 4) is 0 Å². The highest BCUT2D eigenvalue weighted by atomic mass is 32.2. The molecule has 0 aromatic carbocycles. The molecule has 9 nitrogen and oxygen atoms in total. The average molecular weight is 392 g/mol. The molecule has 3 amide bonds. The number of hydrogen-bond donors (Lipinski definition) is 2. The first kappa shape index (κ1) is 22.8. The van der Waals surface area contributed by atoms with E-state index in [1.807, 2.05) is 39.5 Å². The van der Waals surface area contributed by atoms with Crippen LogP contribution in [0.4, 0.5) is 4.79 Å². The Morgan fingerprint density at radius 1 is 1.08 bits per heavy atom. The van der Waals surface area contributed by atoms with Crippen molar-refractivity contribution in [2.24, 2.45) is 0 Å². The van der Waals surface area contributed by atoms with Gasteiger partial charge in [-0.15, -0.1) is 0 Å². The molecule has 0 aliphatic carbocycles. The van der Waals surface area contributed by atoms with Crippen LogP contribution in [0.3, 0.4) is 0 Å². The van der Waals surface area contributed by atoms with Gasteiger partial charge in [0.1, 0.15) is 0 Å². The molecule has 1 atom stereocenters. The Morgan fingerprint density at radius 2 is 1.58 bits per heavy atom. The van der Waals surface area contributed by atoms with Crippen LogP contribution < -0.4 is 10.6 Å². The number of urea groups is 1. The first-order valence-electron chi connectivity index (χ1n) is 9.04. The summed E-state index contributed by atoms with van der Waals surface area (Å²) in [6, 6.07) is -1.05. The van der Waals surface area contributed by atoms with Crippen LogP contribution in [0.25, 0.3) is 0 Å². The van der Waals surface area contributed by atoms with E-state index in [4.69, 9.17) is 0 Å². The highest BCUT2D eigenvalue weighted by molar-refractivity contribution is 7.86. The van der Waals surface area contributed by atoms with E-state index < -0.39 is 33.7 Å². The zero-order valence-electron chi connectivity index (χ0n) is 16.7. The minimum Gasteiger partial charge on any atom is -0.333 e. The summed E-state index contributed by atoms with van der Waals surface area (Å²) in [7, 11) is -3.46. The van der Waals surface area contributed by atoms with E-state index in [0.29, 0.717) is 39.3 Å². The van der Waals surface area contributed by atoms with Gasteiger partial charge in [-0.2, -0.15) is 17.0 Å². The van der Waals surface area contributed by atoms with Crippen LogP contribution >= 0.6 is 0 Å². The summed E-state index contributed by atoms with van der Waals surface area (Å²) in [5.74, 6) is -0.396. The first-order chi connectivity index (χ1) is 11.9. The molecule has 1 unspecified atom stereocenters. The number of carbonyl (C=O) groups is 2. The second-order valence-corrected chi connectivity index (χ2v) is 9.32. The van der Waals surface area contributed by atoms with E-state index in [1.165, 1.54) is 8.61 Å². The summed E-state index contributed by atoms with van der Waals surface area (Å²) in [6.45, 7) is 13.2. The van der Waals surface area contributed by atoms with Crippen LogP contribution in [0.15, 0.2) is 0 Å². The van der Waals surface area contributed by atoms with E-state index in [-0.39, 0.29) is 0 Å². The maximum atomic E-state index is 12.5. The molecule has 1 rings (SSSR count). The second kappa shape index (κ2) is 9.12. The number of nitrogens with zero attached hydrogens (tertiary/aromatic N) is 3. The van der Waals surface area contributed by atoms with Gasteiger partial charge in [0.25, 0.3) is 10.2 Å². The lowest BCUT2D eigenvalue weighted by molar-refractivity contribution is -0.125. The zero-order valence-corrected chi connectivity index (χ0v) is 17.5. The van der Waals surface area contributed by atoms with Crippen LogP contribution in [-0.2, 0) is 15.0 Å². The Hall–Kier alpha value is -1.23. The smallest absolute Gasteiger partial charge is 0.321 e. The number of piperazine rings is 1. The maximum Gasteiger partial charge on any atom is 0.321 e. The summed E-state index contributed by atoms with van der Waals surface area (Å²) in [5.41, 5.74) is -0.433. The molecular formula is C16H33N5O4S. The van der Waals surface area contributed by atoms with Crippen LogP contribution in [0.5, 0.6) is 0 Å². The monoisotopic (exact) mass is 391 g/mol. The molecule has 1 heterocycles. The van der Waals surface area contributed by atoms with Gasteiger partial charge in [0.15, 0.2) is 0 Å². The SMILES string of the molecule is CCN(CC)S(=O)(=O)N1CCN(C(C)C(=O)NC(=O)NC(C)(C)C)CC1. The van der Waals surface area contributed by atoms with Crippen molar-refractivity contribution < 1.29 is 18.0 Å². The molecular weight excluding hydrogens is 358 g/mol.